The molecule has 2 unspecified atom stereocenters. The number of rotatable bonds is 5. The van der Waals surface area contributed by atoms with Crippen molar-refractivity contribution in [2.75, 3.05) is 26.2 Å². The number of carbonyl (C=O) groups is 2. The molecule has 0 radical (unpaired) electrons. The lowest BCUT2D eigenvalue weighted by Gasteiger charge is -2.33. The average Bonchev–Trinajstić information content (AvgIpc) is 3.44. The Balaban J connectivity index is 0.00000240. The quantitative estimate of drug-likeness (QED) is 0.701. The van der Waals surface area contributed by atoms with E-state index in [9.17, 15) is 9.59 Å². The standard InChI is InChI=1S/C22H28N4O2.ClH/c27-21(20-9-4-10-24-20)25-12-16-6-5-11-26(15-16)22(28)19-14-23-13-18(19)17-7-2-1-3-8-17;/h1-3,7-8,13-14,16,20,23-24H,4-6,9-12,15H2,(H,25,27);1H. The first-order chi connectivity index (χ1) is 13.7. The zero-order chi connectivity index (χ0) is 19.3. The van der Waals surface area contributed by atoms with Gasteiger partial charge in [-0.3, -0.25) is 9.59 Å². The Kier molecular flexibility index (Phi) is 7.34. The van der Waals surface area contributed by atoms with Gasteiger partial charge in [0.25, 0.3) is 5.91 Å². The van der Waals surface area contributed by atoms with Gasteiger partial charge < -0.3 is 20.5 Å². The van der Waals surface area contributed by atoms with Crippen molar-refractivity contribution in [2.45, 2.75) is 31.7 Å². The van der Waals surface area contributed by atoms with Gasteiger partial charge in [0, 0.05) is 37.6 Å². The maximum atomic E-state index is 13.2. The first-order valence-electron chi connectivity index (χ1n) is 10.2. The number of likely N-dealkylation sites (tertiary alicyclic amines) is 1. The molecule has 0 bridgehead atoms. The van der Waals surface area contributed by atoms with Gasteiger partial charge in [0.15, 0.2) is 0 Å². The van der Waals surface area contributed by atoms with Gasteiger partial charge in [-0.05, 0) is 43.7 Å². The number of benzene rings is 1. The van der Waals surface area contributed by atoms with Crippen LogP contribution >= 0.6 is 12.4 Å². The fourth-order valence-corrected chi connectivity index (χ4v) is 4.26. The number of piperidine rings is 1. The van der Waals surface area contributed by atoms with E-state index in [1.54, 1.807) is 6.20 Å². The minimum absolute atomic E-state index is 0. The number of nitrogens with one attached hydrogen (secondary N) is 3. The van der Waals surface area contributed by atoms with Crippen molar-refractivity contribution < 1.29 is 9.59 Å². The molecule has 3 N–H and O–H groups in total. The number of aromatic amines is 1. The van der Waals surface area contributed by atoms with Crippen LogP contribution in [0.5, 0.6) is 0 Å². The Morgan fingerprint density at radius 3 is 2.69 bits per heavy atom. The first-order valence-corrected chi connectivity index (χ1v) is 10.2. The first kappa shape index (κ1) is 21.4. The molecule has 1 aromatic carbocycles. The van der Waals surface area contributed by atoms with Crippen molar-refractivity contribution in [1.29, 1.82) is 0 Å². The van der Waals surface area contributed by atoms with Crippen LogP contribution in [0.4, 0.5) is 0 Å². The van der Waals surface area contributed by atoms with Crippen molar-refractivity contribution in [3.63, 3.8) is 0 Å². The van der Waals surface area contributed by atoms with Crippen LogP contribution < -0.4 is 10.6 Å². The zero-order valence-electron chi connectivity index (χ0n) is 16.5. The smallest absolute Gasteiger partial charge is 0.256 e. The van der Waals surface area contributed by atoms with Crippen LogP contribution in [0.1, 0.15) is 36.0 Å². The molecule has 2 fully saturated rings. The molecule has 29 heavy (non-hydrogen) atoms. The minimum atomic E-state index is -0.0467. The van der Waals surface area contributed by atoms with Gasteiger partial charge in [0.2, 0.25) is 5.91 Å². The van der Waals surface area contributed by atoms with Crippen LogP contribution in [0, 0.1) is 5.92 Å². The minimum Gasteiger partial charge on any atom is -0.366 e. The molecule has 2 saturated heterocycles. The summed E-state index contributed by atoms with van der Waals surface area (Å²) in [4.78, 5) is 30.4. The van der Waals surface area contributed by atoms with E-state index >= 15 is 0 Å². The van der Waals surface area contributed by atoms with Crippen LogP contribution in [0.2, 0.25) is 0 Å². The summed E-state index contributed by atoms with van der Waals surface area (Å²) >= 11 is 0. The highest BCUT2D eigenvalue weighted by atomic mass is 35.5. The highest BCUT2D eigenvalue weighted by molar-refractivity contribution is 6.00. The normalized spacial score (nSPS) is 21.4. The number of hydrogen-bond acceptors (Lipinski definition) is 3. The van der Waals surface area contributed by atoms with E-state index in [0.29, 0.717) is 24.6 Å². The maximum absolute atomic E-state index is 13.2. The monoisotopic (exact) mass is 416 g/mol. The number of amides is 2. The molecule has 156 valence electrons. The summed E-state index contributed by atoms with van der Waals surface area (Å²) in [5.41, 5.74) is 2.69. The highest BCUT2D eigenvalue weighted by Crippen LogP contribution is 2.26. The SMILES string of the molecule is Cl.O=C(NCC1CCCN(C(=O)c2c[nH]cc2-c2ccccc2)C1)C1CCCN1. The predicted octanol–water partition coefficient (Wildman–Crippen LogP) is 2.82. The van der Waals surface area contributed by atoms with E-state index < -0.39 is 0 Å². The molecule has 0 spiro atoms. The number of aromatic nitrogens is 1. The molecule has 2 atom stereocenters. The van der Waals surface area contributed by atoms with Crippen LogP contribution in [0.3, 0.4) is 0 Å². The number of halogens is 1. The van der Waals surface area contributed by atoms with Gasteiger partial charge >= 0.3 is 0 Å². The second-order valence-electron chi connectivity index (χ2n) is 7.80. The molecule has 2 aliphatic rings. The van der Waals surface area contributed by atoms with Crippen LogP contribution in [0.15, 0.2) is 42.7 Å². The van der Waals surface area contributed by atoms with Gasteiger partial charge in [-0.25, -0.2) is 0 Å². The molecule has 1 aromatic heterocycles. The Bertz CT molecular complexity index is 817. The molecule has 2 aromatic rings. The molecule has 3 heterocycles. The molecule has 0 aliphatic carbocycles. The lowest BCUT2D eigenvalue weighted by atomic mass is 9.96. The Hall–Kier alpha value is -2.31. The Labute approximate surface area is 177 Å². The lowest BCUT2D eigenvalue weighted by molar-refractivity contribution is -0.123. The Morgan fingerprint density at radius 1 is 1.10 bits per heavy atom. The second kappa shape index (κ2) is 9.94. The number of H-pyrrole nitrogens is 1. The summed E-state index contributed by atoms with van der Waals surface area (Å²) in [6.07, 6.45) is 7.67. The summed E-state index contributed by atoms with van der Waals surface area (Å²) in [5, 5.41) is 6.31. The number of nitrogens with zero attached hydrogens (tertiary/aromatic N) is 1. The lowest BCUT2D eigenvalue weighted by Crippen LogP contribution is -2.46. The van der Waals surface area contributed by atoms with E-state index in [1.807, 2.05) is 41.4 Å². The molecular formula is C22H29ClN4O2. The summed E-state index contributed by atoms with van der Waals surface area (Å²) in [6.45, 7) is 3.02. The van der Waals surface area contributed by atoms with E-state index in [1.165, 1.54) is 0 Å². The van der Waals surface area contributed by atoms with Gasteiger partial charge in [0.1, 0.15) is 0 Å². The molecule has 6 nitrogen and oxygen atoms in total. The van der Waals surface area contributed by atoms with Crippen LogP contribution in [-0.4, -0.2) is 53.9 Å². The van der Waals surface area contributed by atoms with Crippen LogP contribution in [0.25, 0.3) is 11.1 Å². The predicted molar refractivity (Wildman–Crippen MR) is 116 cm³/mol. The van der Waals surface area contributed by atoms with Crippen molar-refractivity contribution >= 4 is 24.2 Å². The van der Waals surface area contributed by atoms with Crippen molar-refractivity contribution in [3.8, 4) is 11.1 Å². The van der Waals surface area contributed by atoms with Gasteiger partial charge in [-0.1, -0.05) is 30.3 Å². The van der Waals surface area contributed by atoms with Crippen molar-refractivity contribution in [1.82, 2.24) is 20.5 Å². The number of hydrogen-bond donors (Lipinski definition) is 3. The maximum Gasteiger partial charge on any atom is 0.256 e. The summed E-state index contributed by atoms with van der Waals surface area (Å²) in [6, 6.07) is 9.93. The third-order valence-electron chi connectivity index (χ3n) is 5.81. The van der Waals surface area contributed by atoms with Gasteiger partial charge in [0.05, 0.1) is 11.6 Å². The molecule has 0 saturated carbocycles. The fourth-order valence-electron chi connectivity index (χ4n) is 4.26. The van der Waals surface area contributed by atoms with E-state index in [-0.39, 0.29) is 30.3 Å². The zero-order valence-corrected chi connectivity index (χ0v) is 17.3. The second-order valence-corrected chi connectivity index (χ2v) is 7.80. The van der Waals surface area contributed by atoms with Crippen LogP contribution in [-0.2, 0) is 4.79 Å². The van der Waals surface area contributed by atoms with E-state index in [0.717, 1.165) is 49.9 Å². The summed E-state index contributed by atoms with van der Waals surface area (Å²) in [5.74, 6) is 0.466. The van der Waals surface area contributed by atoms with Crippen molar-refractivity contribution in [3.05, 3.63) is 48.3 Å². The largest absolute Gasteiger partial charge is 0.366 e. The van der Waals surface area contributed by atoms with E-state index in [4.69, 9.17) is 0 Å². The van der Waals surface area contributed by atoms with Crippen molar-refractivity contribution in [2.24, 2.45) is 5.92 Å². The Morgan fingerprint density at radius 2 is 1.93 bits per heavy atom. The molecule has 2 amide bonds. The topological polar surface area (TPSA) is 77.2 Å². The fraction of sp³-hybridized carbons (Fsp3) is 0.455. The molecular weight excluding hydrogens is 388 g/mol. The summed E-state index contributed by atoms with van der Waals surface area (Å²) < 4.78 is 0. The highest BCUT2D eigenvalue weighted by Gasteiger charge is 2.28. The van der Waals surface area contributed by atoms with Gasteiger partial charge in [-0.2, -0.15) is 0 Å². The molecule has 2 aliphatic heterocycles. The third kappa shape index (κ3) is 5.00. The number of carbonyl (C=O) groups excluding carboxylic acids is 2. The van der Waals surface area contributed by atoms with Gasteiger partial charge in [-0.15, -0.1) is 12.4 Å². The average molecular weight is 417 g/mol. The summed E-state index contributed by atoms with van der Waals surface area (Å²) in [7, 11) is 0. The molecule has 7 heteroatoms. The third-order valence-corrected chi connectivity index (χ3v) is 5.81. The molecule has 4 rings (SSSR count). The van der Waals surface area contributed by atoms with E-state index in [2.05, 4.69) is 15.6 Å².